The number of pyridine rings is 1. The van der Waals surface area contributed by atoms with Gasteiger partial charge in [-0.2, -0.15) is 13.2 Å². The van der Waals surface area contributed by atoms with Gasteiger partial charge in [0.1, 0.15) is 5.82 Å². The predicted molar refractivity (Wildman–Crippen MR) is 86.4 cm³/mol. The lowest BCUT2D eigenvalue weighted by Gasteiger charge is -2.25. The SMILES string of the molecule is FC(F)(F)c1ccc(N2CCCN(C(=S)NC3CC3)CC2)nc1. The average Bonchev–Trinajstić information content (AvgIpc) is 3.32. The molecule has 0 atom stereocenters. The first kappa shape index (κ1) is 16.3. The topological polar surface area (TPSA) is 31.4 Å². The fourth-order valence-electron chi connectivity index (χ4n) is 2.58. The number of hydrogen-bond donors (Lipinski definition) is 1. The standard InChI is InChI=1S/C15H19F3N4S/c16-15(17,18)11-2-5-13(19-10-11)21-6-1-7-22(9-8-21)14(23)20-12-3-4-12/h2,5,10,12H,1,3-4,6-9H2,(H,20,23). The molecule has 0 amide bonds. The van der Waals surface area contributed by atoms with E-state index in [2.05, 4.69) is 15.2 Å². The number of rotatable bonds is 2. The summed E-state index contributed by atoms with van der Waals surface area (Å²) in [4.78, 5) is 8.13. The molecule has 0 spiro atoms. The minimum absolute atomic E-state index is 0.526. The molecule has 126 valence electrons. The van der Waals surface area contributed by atoms with Crippen molar-refractivity contribution in [3.8, 4) is 0 Å². The van der Waals surface area contributed by atoms with Crippen molar-refractivity contribution in [1.29, 1.82) is 0 Å². The summed E-state index contributed by atoms with van der Waals surface area (Å²) in [6.07, 6.45) is -0.195. The molecule has 1 aliphatic heterocycles. The van der Waals surface area contributed by atoms with Crippen molar-refractivity contribution in [3.63, 3.8) is 0 Å². The Hall–Kier alpha value is -1.57. The lowest BCUT2D eigenvalue weighted by Crippen LogP contribution is -2.42. The molecule has 1 saturated carbocycles. The predicted octanol–water partition coefficient (Wildman–Crippen LogP) is 2.65. The van der Waals surface area contributed by atoms with Crippen LogP contribution in [0.25, 0.3) is 0 Å². The van der Waals surface area contributed by atoms with Gasteiger partial charge in [-0.1, -0.05) is 0 Å². The minimum atomic E-state index is -4.35. The third kappa shape index (κ3) is 4.25. The fourth-order valence-corrected chi connectivity index (χ4v) is 2.93. The number of nitrogens with zero attached hydrogens (tertiary/aromatic N) is 3. The third-order valence-electron chi connectivity index (χ3n) is 4.09. The van der Waals surface area contributed by atoms with Gasteiger partial charge < -0.3 is 15.1 Å². The summed E-state index contributed by atoms with van der Waals surface area (Å²) >= 11 is 5.42. The molecule has 2 aliphatic rings. The number of alkyl halides is 3. The minimum Gasteiger partial charge on any atom is -0.360 e. The van der Waals surface area contributed by atoms with E-state index in [-0.39, 0.29) is 0 Å². The van der Waals surface area contributed by atoms with Crippen molar-refractivity contribution in [2.75, 3.05) is 31.1 Å². The molecule has 2 fully saturated rings. The van der Waals surface area contributed by atoms with Crippen LogP contribution < -0.4 is 10.2 Å². The van der Waals surface area contributed by atoms with Crippen LogP contribution >= 0.6 is 12.2 Å². The fraction of sp³-hybridized carbons (Fsp3) is 0.600. The van der Waals surface area contributed by atoms with E-state index in [0.717, 1.165) is 43.4 Å². The van der Waals surface area contributed by atoms with E-state index in [1.54, 1.807) is 0 Å². The largest absolute Gasteiger partial charge is 0.417 e. The Balaban J connectivity index is 1.59. The summed E-state index contributed by atoms with van der Waals surface area (Å²) in [6, 6.07) is 3.06. The number of thiocarbonyl (C=S) groups is 1. The zero-order chi connectivity index (χ0) is 16.4. The summed E-state index contributed by atoms with van der Waals surface area (Å²) < 4.78 is 37.8. The Morgan fingerprint density at radius 3 is 2.57 bits per heavy atom. The quantitative estimate of drug-likeness (QED) is 0.834. The normalized spacial score (nSPS) is 19.4. The summed E-state index contributed by atoms with van der Waals surface area (Å²) in [5.74, 6) is 0.584. The maximum atomic E-state index is 12.6. The molecule has 0 aromatic carbocycles. The molecule has 2 heterocycles. The zero-order valence-corrected chi connectivity index (χ0v) is 13.5. The van der Waals surface area contributed by atoms with Crippen LogP contribution in [0, 0.1) is 0 Å². The molecule has 1 saturated heterocycles. The van der Waals surface area contributed by atoms with Gasteiger partial charge in [-0.3, -0.25) is 0 Å². The maximum Gasteiger partial charge on any atom is 0.417 e. The van der Waals surface area contributed by atoms with Crippen molar-refractivity contribution in [1.82, 2.24) is 15.2 Å². The monoisotopic (exact) mass is 344 g/mol. The molecule has 23 heavy (non-hydrogen) atoms. The third-order valence-corrected chi connectivity index (χ3v) is 4.46. The lowest BCUT2D eigenvalue weighted by atomic mass is 10.2. The van der Waals surface area contributed by atoms with Gasteiger partial charge >= 0.3 is 6.18 Å². The Bertz CT molecular complexity index is 557. The van der Waals surface area contributed by atoms with Gasteiger partial charge in [-0.05, 0) is 43.6 Å². The molecule has 4 nitrogen and oxygen atoms in total. The van der Waals surface area contributed by atoms with E-state index >= 15 is 0 Å². The highest BCUT2D eigenvalue weighted by Gasteiger charge is 2.31. The summed E-state index contributed by atoms with van der Waals surface area (Å²) in [6.45, 7) is 3.07. The molecule has 0 bridgehead atoms. The molecule has 3 rings (SSSR count). The van der Waals surface area contributed by atoms with Crippen LogP contribution in [0.3, 0.4) is 0 Å². The Morgan fingerprint density at radius 2 is 1.96 bits per heavy atom. The van der Waals surface area contributed by atoms with Gasteiger partial charge in [0.2, 0.25) is 0 Å². The van der Waals surface area contributed by atoms with Crippen LogP contribution in [0.4, 0.5) is 19.0 Å². The van der Waals surface area contributed by atoms with Crippen LogP contribution in [0.5, 0.6) is 0 Å². The second-order valence-electron chi connectivity index (χ2n) is 5.95. The lowest BCUT2D eigenvalue weighted by molar-refractivity contribution is -0.137. The average molecular weight is 344 g/mol. The van der Waals surface area contributed by atoms with E-state index in [4.69, 9.17) is 12.2 Å². The summed E-state index contributed by atoms with van der Waals surface area (Å²) in [5.41, 5.74) is -0.715. The first-order valence-corrected chi connectivity index (χ1v) is 8.18. The molecule has 1 aliphatic carbocycles. The number of halogens is 3. The molecular formula is C15H19F3N4S. The summed E-state index contributed by atoms with van der Waals surface area (Å²) in [7, 11) is 0. The van der Waals surface area contributed by atoms with E-state index in [1.807, 2.05) is 4.90 Å². The number of nitrogens with one attached hydrogen (secondary N) is 1. The number of aromatic nitrogens is 1. The molecule has 8 heteroatoms. The van der Waals surface area contributed by atoms with Gasteiger partial charge in [0.15, 0.2) is 5.11 Å². The highest BCUT2D eigenvalue weighted by Crippen LogP contribution is 2.29. The molecular weight excluding hydrogens is 325 g/mol. The van der Waals surface area contributed by atoms with Crippen LogP contribution in [0.2, 0.25) is 0 Å². The Kier molecular flexibility index (Phi) is 4.61. The number of hydrogen-bond acceptors (Lipinski definition) is 3. The van der Waals surface area contributed by atoms with E-state index in [9.17, 15) is 13.2 Å². The van der Waals surface area contributed by atoms with Crippen LogP contribution in [-0.2, 0) is 6.18 Å². The summed E-state index contributed by atoms with van der Waals surface area (Å²) in [5, 5.41) is 4.12. The first-order valence-electron chi connectivity index (χ1n) is 7.77. The Labute approximate surface area is 138 Å². The second kappa shape index (κ2) is 6.51. The van der Waals surface area contributed by atoms with Gasteiger partial charge in [0.05, 0.1) is 5.56 Å². The van der Waals surface area contributed by atoms with Crippen LogP contribution in [0.15, 0.2) is 18.3 Å². The molecule has 1 aromatic rings. The van der Waals surface area contributed by atoms with Gasteiger partial charge in [-0.25, -0.2) is 4.98 Å². The molecule has 0 unspecified atom stereocenters. The second-order valence-corrected chi connectivity index (χ2v) is 6.34. The van der Waals surface area contributed by atoms with Crippen LogP contribution in [-0.4, -0.2) is 47.2 Å². The van der Waals surface area contributed by atoms with Crippen molar-refractivity contribution in [2.45, 2.75) is 31.5 Å². The Morgan fingerprint density at radius 1 is 1.17 bits per heavy atom. The van der Waals surface area contributed by atoms with Crippen LogP contribution in [0.1, 0.15) is 24.8 Å². The van der Waals surface area contributed by atoms with E-state index in [1.165, 1.54) is 18.9 Å². The van der Waals surface area contributed by atoms with Gasteiger partial charge in [0, 0.05) is 38.4 Å². The van der Waals surface area contributed by atoms with Gasteiger partial charge in [-0.15, -0.1) is 0 Å². The van der Waals surface area contributed by atoms with Gasteiger partial charge in [0.25, 0.3) is 0 Å². The maximum absolute atomic E-state index is 12.6. The van der Waals surface area contributed by atoms with E-state index in [0.29, 0.717) is 18.4 Å². The van der Waals surface area contributed by atoms with Crippen molar-refractivity contribution >= 4 is 23.1 Å². The van der Waals surface area contributed by atoms with E-state index < -0.39 is 11.7 Å². The van der Waals surface area contributed by atoms with Crippen molar-refractivity contribution < 1.29 is 13.2 Å². The molecule has 0 radical (unpaired) electrons. The first-order chi connectivity index (χ1) is 10.9. The number of anilines is 1. The highest BCUT2D eigenvalue weighted by atomic mass is 32.1. The smallest absolute Gasteiger partial charge is 0.360 e. The molecule has 1 aromatic heterocycles. The molecule has 1 N–H and O–H groups in total. The van der Waals surface area contributed by atoms with Crippen molar-refractivity contribution in [2.24, 2.45) is 0 Å². The zero-order valence-electron chi connectivity index (χ0n) is 12.6. The highest BCUT2D eigenvalue weighted by molar-refractivity contribution is 7.80. The van der Waals surface area contributed by atoms with Crippen molar-refractivity contribution in [3.05, 3.63) is 23.9 Å².